The Kier molecular flexibility index (Phi) is 2.96. The van der Waals surface area contributed by atoms with Crippen LogP contribution in [0.25, 0.3) is 5.57 Å². The molecule has 16 heavy (non-hydrogen) atoms. The Morgan fingerprint density at radius 1 is 1.38 bits per heavy atom. The number of hydrogen-bond donors (Lipinski definition) is 2. The molecule has 0 aliphatic carbocycles. The summed E-state index contributed by atoms with van der Waals surface area (Å²) in [5.74, 6) is 0.212. The van der Waals surface area contributed by atoms with Crippen LogP contribution in [0, 0.1) is 5.21 Å². The van der Waals surface area contributed by atoms with Crippen LogP contribution < -0.4 is 5.06 Å². The summed E-state index contributed by atoms with van der Waals surface area (Å²) in [7, 11) is 4.00. The average molecular weight is 220 g/mol. The van der Waals surface area contributed by atoms with Gasteiger partial charge in [0.05, 0.1) is 0 Å². The Labute approximate surface area is 95.0 Å². The van der Waals surface area contributed by atoms with Crippen LogP contribution in [0.2, 0.25) is 0 Å². The smallest absolute Gasteiger partial charge is 0.143 e. The Morgan fingerprint density at radius 2 is 2.12 bits per heavy atom. The molecule has 86 valence electrons. The zero-order chi connectivity index (χ0) is 11.7. The lowest BCUT2D eigenvalue weighted by Crippen LogP contribution is -2.95. The first-order valence-corrected chi connectivity index (χ1v) is 5.31. The lowest BCUT2D eigenvalue weighted by molar-refractivity contribution is -0.710. The first kappa shape index (κ1) is 11.1. The maximum Gasteiger partial charge on any atom is 0.143 e. The molecule has 0 aromatic heterocycles. The minimum Gasteiger partial charge on any atom is -0.624 e. The second kappa shape index (κ2) is 4.25. The molecule has 4 nitrogen and oxygen atoms in total. The summed E-state index contributed by atoms with van der Waals surface area (Å²) in [5, 5.41) is 21.1. The highest BCUT2D eigenvalue weighted by Crippen LogP contribution is 2.30. The van der Waals surface area contributed by atoms with Gasteiger partial charge in [-0.1, -0.05) is 0 Å². The fourth-order valence-corrected chi connectivity index (χ4v) is 1.88. The Balaban J connectivity index is 2.24. The first-order chi connectivity index (χ1) is 7.58. The van der Waals surface area contributed by atoms with Crippen molar-refractivity contribution in [1.82, 2.24) is 4.90 Å². The van der Waals surface area contributed by atoms with Gasteiger partial charge in [0.25, 0.3) is 0 Å². The molecule has 1 aromatic carbocycles. The summed E-state index contributed by atoms with van der Waals surface area (Å²) in [5.41, 5.74) is 2.60. The molecule has 1 unspecified atom stereocenters. The lowest BCUT2D eigenvalue weighted by atomic mass is 10.0. The number of nitrogens with one attached hydrogen (secondary N) is 1. The van der Waals surface area contributed by atoms with Crippen molar-refractivity contribution in [3.8, 4) is 5.75 Å². The number of nitrogens with zero attached hydrogens (tertiary/aromatic N) is 1. The minimum absolute atomic E-state index is 0.0451. The van der Waals surface area contributed by atoms with Gasteiger partial charge < -0.3 is 20.3 Å². The molecule has 1 atom stereocenters. The monoisotopic (exact) mass is 220 g/mol. The summed E-state index contributed by atoms with van der Waals surface area (Å²) >= 11 is 0. The molecular weight excluding hydrogens is 204 g/mol. The van der Waals surface area contributed by atoms with Crippen molar-refractivity contribution in [2.75, 3.05) is 20.6 Å². The summed E-state index contributed by atoms with van der Waals surface area (Å²) in [6.45, 7) is 0.897. The van der Waals surface area contributed by atoms with E-state index >= 15 is 0 Å². The van der Waals surface area contributed by atoms with Crippen molar-refractivity contribution in [2.45, 2.75) is 6.42 Å². The number of quaternary nitrogens is 1. The van der Waals surface area contributed by atoms with E-state index in [4.69, 9.17) is 0 Å². The van der Waals surface area contributed by atoms with E-state index in [2.05, 4.69) is 4.90 Å². The molecule has 0 spiro atoms. The second-order valence-corrected chi connectivity index (χ2v) is 4.32. The SMILES string of the molecule is CN(C)CCC1=C[NH+]([O-])c2ccc(O)cc21. The van der Waals surface area contributed by atoms with Gasteiger partial charge in [0, 0.05) is 23.7 Å². The van der Waals surface area contributed by atoms with Crippen molar-refractivity contribution in [1.29, 1.82) is 0 Å². The molecule has 0 radical (unpaired) electrons. The topological polar surface area (TPSA) is 51.0 Å². The van der Waals surface area contributed by atoms with Gasteiger partial charge in [0.1, 0.15) is 17.6 Å². The van der Waals surface area contributed by atoms with Crippen LogP contribution in [0.3, 0.4) is 0 Å². The average Bonchev–Trinajstić information content (AvgIpc) is 2.52. The number of rotatable bonds is 3. The molecule has 4 heteroatoms. The molecule has 1 heterocycles. The number of phenols is 1. The fourth-order valence-electron chi connectivity index (χ4n) is 1.88. The van der Waals surface area contributed by atoms with Crippen LogP contribution in [0.4, 0.5) is 5.69 Å². The van der Waals surface area contributed by atoms with Gasteiger partial charge in [0.2, 0.25) is 0 Å². The Hall–Kier alpha value is -1.36. The molecule has 1 aliphatic heterocycles. The van der Waals surface area contributed by atoms with Gasteiger partial charge in [-0.25, -0.2) is 0 Å². The van der Waals surface area contributed by atoms with Crippen molar-refractivity contribution >= 4 is 11.3 Å². The molecule has 0 saturated carbocycles. The van der Waals surface area contributed by atoms with E-state index in [9.17, 15) is 10.3 Å². The number of hydroxylamine groups is 1. The molecule has 2 N–H and O–H groups in total. The lowest BCUT2D eigenvalue weighted by Gasteiger charge is -2.12. The van der Waals surface area contributed by atoms with Crippen molar-refractivity contribution in [3.63, 3.8) is 0 Å². The highest BCUT2D eigenvalue weighted by molar-refractivity contribution is 5.76. The quantitative estimate of drug-likeness (QED) is 0.582. The highest BCUT2D eigenvalue weighted by Gasteiger charge is 2.21. The van der Waals surface area contributed by atoms with E-state index in [1.807, 2.05) is 14.1 Å². The van der Waals surface area contributed by atoms with Crippen molar-refractivity contribution in [3.05, 3.63) is 35.2 Å². The predicted octanol–water partition coefficient (Wildman–Crippen LogP) is 0.713. The summed E-state index contributed by atoms with van der Waals surface area (Å²) in [4.78, 5) is 2.08. The van der Waals surface area contributed by atoms with Crippen molar-refractivity contribution < 1.29 is 10.2 Å². The van der Waals surface area contributed by atoms with Crippen LogP contribution in [-0.2, 0) is 0 Å². The molecule has 1 aromatic rings. The van der Waals surface area contributed by atoms with E-state index in [0.29, 0.717) is 5.69 Å². The van der Waals surface area contributed by atoms with E-state index in [-0.39, 0.29) is 10.8 Å². The van der Waals surface area contributed by atoms with Gasteiger partial charge >= 0.3 is 0 Å². The molecular formula is C12H16N2O2. The van der Waals surface area contributed by atoms with Crippen LogP contribution in [0.5, 0.6) is 5.75 Å². The van der Waals surface area contributed by atoms with Crippen LogP contribution in [-0.4, -0.2) is 30.6 Å². The van der Waals surface area contributed by atoms with E-state index in [1.165, 1.54) is 0 Å². The normalized spacial score (nSPS) is 18.8. The molecule has 2 rings (SSSR count). The molecule has 0 fully saturated rings. The van der Waals surface area contributed by atoms with Gasteiger partial charge in [-0.3, -0.25) is 0 Å². The van der Waals surface area contributed by atoms with Crippen LogP contribution in [0.15, 0.2) is 24.4 Å². The van der Waals surface area contributed by atoms with E-state index in [1.54, 1.807) is 24.4 Å². The third-order valence-corrected chi connectivity index (χ3v) is 2.75. The Bertz CT molecular complexity index is 427. The van der Waals surface area contributed by atoms with Gasteiger partial charge in [-0.2, -0.15) is 0 Å². The van der Waals surface area contributed by atoms with Crippen LogP contribution >= 0.6 is 0 Å². The number of hydrogen-bond acceptors (Lipinski definition) is 3. The van der Waals surface area contributed by atoms with Gasteiger partial charge in [-0.05, 0) is 32.6 Å². The fraction of sp³-hybridized carbons (Fsp3) is 0.333. The molecule has 1 aliphatic rings. The maximum atomic E-state index is 11.7. The third kappa shape index (κ3) is 2.09. The summed E-state index contributed by atoms with van der Waals surface area (Å²) in [6.07, 6.45) is 2.50. The number of phenolic OH excluding ortho intramolecular Hbond substituents is 1. The van der Waals surface area contributed by atoms with Crippen LogP contribution in [0.1, 0.15) is 12.0 Å². The summed E-state index contributed by atoms with van der Waals surface area (Å²) in [6, 6.07) is 4.91. The highest BCUT2D eigenvalue weighted by atomic mass is 16.5. The second-order valence-electron chi connectivity index (χ2n) is 4.32. The summed E-state index contributed by atoms with van der Waals surface area (Å²) < 4.78 is 0. The zero-order valence-electron chi connectivity index (χ0n) is 9.53. The van der Waals surface area contributed by atoms with Gasteiger partial charge in [0.15, 0.2) is 0 Å². The van der Waals surface area contributed by atoms with E-state index < -0.39 is 0 Å². The largest absolute Gasteiger partial charge is 0.624 e. The maximum absolute atomic E-state index is 11.7. The Morgan fingerprint density at radius 3 is 2.81 bits per heavy atom. The van der Waals surface area contributed by atoms with Crippen molar-refractivity contribution in [2.24, 2.45) is 0 Å². The number of aromatic hydroxyl groups is 1. The molecule has 0 bridgehead atoms. The molecule has 0 amide bonds. The first-order valence-electron chi connectivity index (χ1n) is 5.31. The number of fused-ring (bicyclic) bond motifs is 1. The number of benzene rings is 1. The van der Waals surface area contributed by atoms with E-state index in [0.717, 1.165) is 24.1 Å². The predicted molar refractivity (Wildman–Crippen MR) is 63.2 cm³/mol. The zero-order valence-corrected chi connectivity index (χ0v) is 9.53. The minimum atomic E-state index is 0.0451. The molecule has 0 saturated heterocycles. The standard InChI is InChI=1S/C12H16N2O2/c1-13(2)6-5-9-8-14(16)12-4-3-10(15)7-11(9)12/h3-4,7-8,14-15H,5-6H2,1-2H3. The van der Waals surface area contributed by atoms with Gasteiger partial charge in [-0.15, -0.1) is 0 Å². The third-order valence-electron chi connectivity index (χ3n) is 2.75.